The lowest BCUT2D eigenvalue weighted by atomic mass is 10.3. The number of halogens is 3. The molecule has 1 unspecified atom stereocenters. The van der Waals surface area contributed by atoms with Crippen LogP contribution in [0.2, 0.25) is 0 Å². The van der Waals surface area contributed by atoms with Crippen LogP contribution in [-0.2, 0) is 14.3 Å². The third kappa shape index (κ3) is 7.85. The van der Waals surface area contributed by atoms with Gasteiger partial charge < -0.3 is 9.47 Å². The molecule has 0 aromatic rings. The van der Waals surface area contributed by atoms with E-state index in [0.29, 0.717) is 6.42 Å². The molecule has 0 amide bonds. The lowest BCUT2D eigenvalue weighted by Gasteiger charge is -2.15. The van der Waals surface area contributed by atoms with E-state index in [4.69, 9.17) is 0 Å². The second kappa shape index (κ2) is 5.85. The molecule has 0 heterocycles. The van der Waals surface area contributed by atoms with Gasteiger partial charge in [0.15, 0.2) is 0 Å². The first-order valence-corrected chi connectivity index (χ1v) is 4.17. The molecule has 0 spiro atoms. The number of carbonyl (C=O) groups excluding carboxylic acids is 1. The van der Waals surface area contributed by atoms with E-state index in [0.717, 1.165) is 0 Å². The van der Waals surface area contributed by atoms with Crippen molar-refractivity contribution in [2.24, 2.45) is 0 Å². The van der Waals surface area contributed by atoms with Crippen molar-refractivity contribution in [1.82, 2.24) is 0 Å². The minimum Gasteiger partial charge on any atom is -0.460 e. The molecule has 0 aromatic carbocycles. The smallest absolute Gasteiger partial charge is 0.411 e. The van der Waals surface area contributed by atoms with Gasteiger partial charge in [-0.15, -0.1) is 0 Å². The van der Waals surface area contributed by atoms with Crippen LogP contribution in [0.25, 0.3) is 0 Å². The second-order valence-corrected chi connectivity index (χ2v) is 2.77. The van der Waals surface area contributed by atoms with Crippen molar-refractivity contribution in [3.8, 4) is 0 Å². The lowest BCUT2D eigenvalue weighted by Crippen LogP contribution is -2.25. The number of esters is 1. The average molecular weight is 214 g/mol. The first-order valence-electron chi connectivity index (χ1n) is 4.17. The predicted octanol–water partition coefficient (Wildman–Crippen LogP) is 1.91. The molecule has 0 radical (unpaired) electrons. The van der Waals surface area contributed by atoms with Crippen LogP contribution in [0.15, 0.2) is 0 Å². The van der Waals surface area contributed by atoms with E-state index in [-0.39, 0.29) is 6.61 Å². The maximum atomic E-state index is 11.6. The Hall–Kier alpha value is -0.780. The molecule has 6 heteroatoms. The third-order valence-electron chi connectivity index (χ3n) is 1.36. The summed E-state index contributed by atoms with van der Waals surface area (Å²) in [5.41, 5.74) is 0. The third-order valence-corrected chi connectivity index (χ3v) is 1.36. The van der Waals surface area contributed by atoms with Gasteiger partial charge in [0, 0.05) is 6.92 Å². The fraction of sp³-hybridized carbons (Fsp3) is 0.875. The van der Waals surface area contributed by atoms with Crippen LogP contribution in [0.3, 0.4) is 0 Å². The van der Waals surface area contributed by atoms with Gasteiger partial charge in [-0.2, -0.15) is 13.2 Å². The molecular weight excluding hydrogens is 201 g/mol. The summed E-state index contributed by atoms with van der Waals surface area (Å²) in [5, 5.41) is 0. The van der Waals surface area contributed by atoms with Crippen molar-refractivity contribution < 1.29 is 27.4 Å². The van der Waals surface area contributed by atoms with Crippen LogP contribution in [0.4, 0.5) is 13.2 Å². The highest BCUT2D eigenvalue weighted by Crippen LogP contribution is 2.14. The van der Waals surface area contributed by atoms with E-state index >= 15 is 0 Å². The molecule has 14 heavy (non-hydrogen) atoms. The number of hydrogen-bond acceptors (Lipinski definition) is 3. The molecule has 0 aromatic heterocycles. The number of alkyl halides is 3. The molecule has 84 valence electrons. The Kier molecular flexibility index (Phi) is 5.52. The van der Waals surface area contributed by atoms with Crippen LogP contribution in [0.5, 0.6) is 0 Å². The van der Waals surface area contributed by atoms with Gasteiger partial charge in [0.2, 0.25) is 0 Å². The average Bonchev–Trinajstić information content (AvgIpc) is 1.99. The molecule has 0 saturated heterocycles. The number of rotatable bonds is 5. The van der Waals surface area contributed by atoms with E-state index in [1.54, 1.807) is 6.92 Å². The SMILES string of the molecule is CCC(COCC(F)(F)F)OC(C)=O. The fourth-order valence-electron chi connectivity index (χ4n) is 0.776. The van der Waals surface area contributed by atoms with Crippen LogP contribution < -0.4 is 0 Å². The monoisotopic (exact) mass is 214 g/mol. The zero-order chi connectivity index (χ0) is 11.2. The predicted molar refractivity (Wildman–Crippen MR) is 42.7 cm³/mol. The van der Waals surface area contributed by atoms with Crippen LogP contribution in [0, 0.1) is 0 Å². The number of hydrogen-bond donors (Lipinski definition) is 0. The van der Waals surface area contributed by atoms with Crippen LogP contribution in [-0.4, -0.2) is 31.5 Å². The van der Waals surface area contributed by atoms with Crippen molar-refractivity contribution in [3.05, 3.63) is 0 Å². The number of ether oxygens (including phenoxy) is 2. The van der Waals surface area contributed by atoms with Gasteiger partial charge in [-0.1, -0.05) is 6.92 Å². The summed E-state index contributed by atoms with van der Waals surface area (Å²) in [5.74, 6) is -0.521. The van der Waals surface area contributed by atoms with Gasteiger partial charge in [-0.3, -0.25) is 4.79 Å². The quantitative estimate of drug-likeness (QED) is 0.656. The minimum absolute atomic E-state index is 0.227. The fourth-order valence-corrected chi connectivity index (χ4v) is 0.776. The molecule has 0 rings (SSSR count). The molecule has 0 aliphatic heterocycles. The molecule has 1 atom stereocenters. The van der Waals surface area contributed by atoms with Crippen molar-refractivity contribution in [3.63, 3.8) is 0 Å². The highest BCUT2D eigenvalue weighted by atomic mass is 19.4. The summed E-state index contributed by atoms with van der Waals surface area (Å²) in [6.07, 6.45) is -4.51. The summed E-state index contributed by atoms with van der Waals surface area (Å²) in [7, 11) is 0. The van der Waals surface area contributed by atoms with Gasteiger partial charge >= 0.3 is 12.1 Å². The lowest BCUT2D eigenvalue weighted by molar-refractivity contribution is -0.182. The summed E-state index contributed by atoms with van der Waals surface area (Å²) >= 11 is 0. The summed E-state index contributed by atoms with van der Waals surface area (Å²) in [6, 6.07) is 0. The topological polar surface area (TPSA) is 35.5 Å². The van der Waals surface area contributed by atoms with E-state index in [1.807, 2.05) is 0 Å². The van der Waals surface area contributed by atoms with Crippen molar-refractivity contribution in [2.75, 3.05) is 13.2 Å². The van der Waals surface area contributed by atoms with Gasteiger partial charge in [-0.05, 0) is 6.42 Å². The molecule has 0 aliphatic carbocycles. The Bertz CT molecular complexity index is 179. The van der Waals surface area contributed by atoms with Crippen molar-refractivity contribution in [2.45, 2.75) is 32.5 Å². The normalized spacial score (nSPS) is 13.8. The Labute approximate surface area is 80.2 Å². The van der Waals surface area contributed by atoms with Crippen LogP contribution >= 0.6 is 0 Å². The Morgan fingerprint density at radius 1 is 1.43 bits per heavy atom. The Balaban J connectivity index is 3.68. The molecule has 0 aliphatic rings. The maximum absolute atomic E-state index is 11.6. The number of carbonyl (C=O) groups is 1. The van der Waals surface area contributed by atoms with Gasteiger partial charge in [-0.25, -0.2) is 0 Å². The zero-order valence-corrected chi connectivity index (χ0v) is 8.06. The Morgan fingerprint density at radius 3 is 2.36 bits per heavy atom. The Morgan fingerprint density at radius 2 is 2.00 bits per heavy atom. The van der Waals surface area contributed by atoms with E-state index < -0.39 is 24.9 Å². The maximum Gasteiger partial charge on any atom is 0.411 e. The largest absolute Gasteiger partial charge is 0.460 e. The molecule has 0 fully saturated rings. The molecular formula is C8H13F3O3. The van der Waals surface area contributed by atoms with Gasteiger partial charge in [0.1, 0.15) is 12.7 Å². The van der Waals surface area contributed by atoms with Crippen LogP contribution in [0.1, 0.15) is 20.3 Å². The first kappa shape index (κ1) is 13.2. The summed E-state index contributed by atoms with van der Waals surface area (Å²) in [4.78, 5) is 10.5. The molecule has 0 bridgehead atoms. The summed E-state index contributed by atoms with van der Waals surface area (Å²) < 4.78 is 44.0. The standard InChI is InChI=1S/C8H13F3O3/c1-3-7(14-6(2)12)4-13-5-8(9,10)11/h7H,3-5H2,1-2H3. The van der Waals surface area contributed by atoms with E-state index in [1.165, 1.54) is 6.92 Å². The van der Waals surface area contributed by atoms with E-state index in [2.05, 4.69) is 9.47 Å². The van der Waals surface area contributed by atoms with Gasteiger partial charge in [0.05, 0.1) is 6.61 Å². The molecule has 0 N–H and O–H groups in total. The highest BCUT2D eigenvalue weighted by molar-refractivity contribution is 5.66. The second-order valence-electron chi connectivity index (χ2n) is 2.77. The highest BCUT2D eigenvalue weighted by Gasteiger charge is 2.28. The van der Waals surface area contributed by atoms with Crippen molar-refractivity contribution in [1.29, 1.82) is 0 Å². The van der Waals surface area contributed by atoms with Crippen molar-refractivity contribution >= 4 is 5.97 Å². The first-order chi connectivity index (χ1) is 6.35. The molecule has 3 nitrogen and oxygen atoms in total. The van der Waals surface area contributed by atoms with E-state index in [9.17, 15) is 18.0 Å². The van der Waals surface area contributed by atoms with Gasteiger partial charge in [0.25, 0.3) is 0 Å². The molecule has 0 saturated carbocycles. The zero-order valence-electron chi connectivity index (χ0n) is 8.06. The minimum atomic E-state index is -4.34. The summed E-state index contributed by atoms with van der Waals surface area (Å²) in [6.45, 7) is 1.36.